The van der Waals surface area contributed by atoms with Crippen LogP contribution in [-0.4, -0.2) is 45.7 Å². The van der Waals surface area contributed by atoms with Crippen molar-refractivity contribution in [1.82, 2.24) is 0 Å². The van der Waals surface area contributed by atoms with Gasteiger partial charge in [0, 0.05) is 26.4 Å². The van der Waals surface area contributed by atoms with Crippen molar-refractivity contribution in [3.63, 3.8) is 0 Å². The Hall–Kier alpha value is -0.160. The molecule has 4 heteroatoms. The van der Waals surface area contributed by atoms with Crippen LogP contribution in [-0.2, 0) is 14.2 Å². The van der Waals surface area contributed by atoms with E-state index in [1.165, 1.54) is 0 Å². The van der Waals surface area contributed by atoms with Crippen LogP contribution >= 0.6 is 0 Å². The molecule has 0 aromatic heterocycles. The molecule has 0 aliphatic heterocycles. The molecular weight excluding hydrogens is 194 g/mol. The van der Waals surface area contributed by atoms with Crippen LogP contribution in [0.1, 0.15) is 26.7 Å². The predicted octanol–water partition coefficient (Wildman–Crippen LogP) is 1.18. The minimum absolute atomic E-state index is 0.133. The maximum Gasteiger partial charge on any atom is 0.0700 e. The van der Waals surface area contributed by atoms with Crippen LogP contribution in [0.25, 0.3) is 0 Å². The van der Waals surface area contributed by atoms with Gasteiger partial charge in [0.2, 0.25) is 0 Å². The fraction of sp³-hybridized carbons (Fsp3) is 1.00. The van der Waals surface area contributed by atoms with Gasteiger partial charge in [0.25, 0.3) is 0 Å². The molecule has 0 saturated carbocycles. The zero-order valence-electron chi connectivity index (χ0n) is 10.2. The first kappa shape index (κ1) is 14.8. The summed E-state index contributed by atoms with van der Waals surface area (Å²) in [7, 11) is 1.67. The summed E-state index contributed by atoms with van der Waals surface area (Å²) >= 11 is 0. The summed E-state index contributed by atoms with van der Waals surface area (Å²) in [5.41, 5.74) is 5.82. The summed E-state index contributed by atoms with van der Waals surface area (Å²) in [5.74, 6) is 0. The second kappa shape index (κ2) is 10.4. The SMILES string of the molecule is CCC(N)C(C)OCCCOCCOC. The minimum atomic E-state index is 0.133. The standard InChI is InChI=1S/C11H25NO3/c1-4-11(12)10(2)15-7-5-6-14-9-8-13-3/h10-11H,4-9,12H2,1-3H3. The lowest BCUT2D eigenvalue weighted by Gasteiger charge is -2.18. The Morgan fingerprint density at radius 2 is 1.87 bits per heavy atom. The van der Waals surface area contributed by atoms with Crippen LogP contribution in [0.3, 0.4) is 0 Å². The Labute approximate surface area is 93.1 Å². The van der Waals surface area contributed by atoms with E-state index in [1.807, 2.05) is 6.92 Å². The van der Waals surface area contributed by atoms with E-state index in [1.54, 1.807) is 7.11 Å². The van der Waals surface area contributed by atoms with Crippen molar-refractivity contribution in [3.05, 3.63) is 0 Å². The third-order valence-electron chi connectivity index (χ3n) is 2.32. The molecule has 0 aliphatic carbocycles. The first-order valence-electron chi connectivity index (χ1n) is 5.66. The molecular formula is C11H25NO3. The fourth-order valence-electron chi connectivity index (χ4n) is 1.13. The molecule has 0 rings (SSSR count). The van der Waals surface area contributed by atoms with E-state index >= 15 is 0 Å². The van der Waals surface area contributed by atoms with Crippen molar-refractivity contribution < 1.29 is 14.2 Å². The van der Waals surface area contributed by atoms with Gasteiger partial charge in [-0.1, -0.05) is 6.92 Å². The topological polar surface area (TPSA) is 53.7 Å². The zero-order chi connectivity index (χ0) is 11.5. The lowest BCUT2D eigenvalue weighted by molar-refractivity contribution is 0.0206. The van der Waals surface area contributed by atoms with Gasteiger partial charge in [-0.15, -0.1) is 0 Å². The number of hydrogen-bond donors (Lipinski definition) is 1. The van der Waals surface area contributed by atoms with Crippen LogP contribution in [0.15, 0.2) is 0 Å². The monoisotopic (exact) mass is 219 g/mol. The van der Waals surface area contributed by atoms with Gasteiger partial charge in [0.15, 0.2) is 0 Å². The van der Waals surface area contributed by atoms with Gasteiger partial charge in [-0.05, 0) is 19.8 Å². The summed E-state index contributed by atoms with van der Waals surface area (Å²) in [6, 6.07) is 0.138. The number of methoxy groups -OCH3 is 1. The molecule has 92 valence electrons. The van der Waals surface area contributed by atoms with Gasteiger partial charge in [-0.2, -0.15) is 0 Å². The highest BCUT2D eigenvalue weighted by Crippen LogP contribution is 2.00. The van der Waals surface area contributed by atoms with Crippen molar-refractivity contribution in [1.29, 1.82) is 0 Å². The van der Waals surface area contributed by atoms with Crippen molar-refractivity contribution in [2.45, 2.75) is 38.8 Å². The molecule has 4 nitrogen and oxygen atoms in total. The van der Waals surface area contributed by atoms with E-state index in [0.717, 1.165) is 19.4 Å². The van der Waals surface area contributed by atoms with E-state index in [9.17, 15) is 0 Å². The van der Waals surface area contributed by atoms with E-state index < -0.39 is 0 Å². The van der Waals surface area contributed by atoms with Crippen LogP contribution in [0.2, 0.25) is 0 Å². The molecule has 0 amide bonds. The largest absolute Gasteiger partial charge is 0.382 e. The molecule has 0 spiro atoms. The fourth-order valence-corrected chi connectivity index (χ4v) is 1.13. The molecule has 0 fully saturated rings. The zero-order valence-corrected chi connectivity index (χ0v) is 10.2. The molecule has 0 aromatic carbocycles. The Balaban J connectivity index is 3.16. The quantitative estimate of drug-likeness (QED) is 0.561. The number of nitrogens with two attached hydrogens (primary N) is 1. The van der Waals surface area contributed by atoms with Crippen molar-refractivity contribution >= 4 is 0 Å². The Kier molecular flexibility index (Phi) is 10.3. The van der Waals surface area contributed by atoms with E-state index in [0.29, 0.717) is 19.8 Å². The van der Waals surface area contributed by atoms with Crippen LogP contribution in [0.4, 0.5) is 0 Å². The summed E-state index contributed by atoms with van der Waals surface area (Å²) in [5, 5.41) is 0. The normalized spacial score (nSPS) is 15.2. The molecule has 0 saturated heterocycles. The van der Waals surface area contributed by atoms with Gasteiger partial charge in [0.1, 0.15) is 0 Å². The molecule has 0 aromatic rings. The average Bonchev–Trinajstić information content (AvgIpc) is 2.26. The van der Waals surface area contributed by atoms with E-state index in [2.05, 4.69) is 6.92 Å². The van der Waals surface area contributed by atoms with Gasteiger partial charge in [-0.3, -0.25) is 0 Å². The Morgan fingerprint density at radius 3 is 2.47 bits per heavy atom. The van der Waals surface area contributed by atoms with Crippen molar-refractivity contribution in [2.75, 3.05) is 33.5 Å². The highest BCUT2D eigenvalue weighted by atomic mass is 16.5. The smallest absolute Gasteiger partial charge is 0.0700 e. The maximum atomic E-state index is 5.82. The summed E-state index contributed by atoms with van der Waals surface area (Å²) < 4.78 is 15.7. The molecule has 2 unspecified atom stereocenters. The third-order valence-corrected chi connectivity index (χ3v) is 2.32. The second-order valence-corrected chi connectivity index (χ2v) is 3.61. The van der Waals surface area contributed by atoms with Gasteiger partial charge >= 0.3 is 0 Å². The van der Waals surface area contributed by atoms with Crippen LogP contribution in [0, 0.1) is 0 Å². The van der Waals surface area contributed by atoms with Gasteiger partial charge in [0.05, 0.1) is 19.3 Å². The summed E-state index contributed by atoms with van der Waals surface area (Å²) in [4.78, 5) is 0. The van der Waals surface area contributed by atoms with Crippen molar-refractivity contribution in [2.24, 2.45) is 5.73 Å². The van der Waals surface area contributed by atoms with Gasteiger partial charge in [-0.25, -0.2) is 0 Å². The Morgan fingerprint density at radius 1 is 1.13 bits per heavy atom. The van der Waals surface area contributed by atoms with Crippen LogP contribution in [0.5, 0.6) is 0 Å². The highest BCUT2D eigenvalue weighted by Gasteiger charge is 2.09. The summed E-state index contributed by atoms with van der Waals surface area (Å²) in [6.45, 7) is 6.82. The molecule has 15 heavy (non-hydrogen) atoms. The molecule has 2 N–H and O–H groups in total. The van der Waals surface area contributed by atoms with E-state index in [-0.39, 0.29) is 12.1 Å². The lowest BCUT2D eigenvalue weighted by atomic mass is 10.1. The first-order chi connectivity index (χ1) is 7.22. The third kappa shape index (κ3) is 8.81. The number of rotatable bonds is 10. The van der Waals surface area contributed by atoms with Gasteiger partial charge < -0.3 is 19.9 Å². The molecule has 0 bridgehead atoms. The Bertz CT molecular complexity index is 133. The first-order valence-corrected chi connectivity index (χ1v) is 5.66. The molecule has 0 aliphatic rings. The number of hydrogen-bond acceptors (Lipinski definition) is 4. The minimum Gasteiger partial charge on any atom is -0.382 e. The highest BCUT2D eigenvalue weighted by molar-refractivity contribution is 4.66. The van der Waals surface area contributed by atoms with E-state index in [4.69, 9.17) is 19.9 Å². The second-order valence-electron chi connectivity index (χ2n) is 3.61. The molecule has 2 atom stereocenters. The lowest BCUT2D eigenvalue weighted by Crippen LogP contribution is -2.34. The number of ether oxygens (including phenoxy) is 3. The average molecular weight is 219 g/mol. The molecule has 0 radical (unpaired) electrons. The predicted molar refractivity (Wildman–Crippen MR) is 61.0 cm³/mol. The van der Waals surface area contributed by atoms with Crippen LogP contribution < -0.4 is 5.73 Å². The maximum absolute atomic E-state index is 5.82. The van der Waals surface area contributed by atoms with Crippen molar-refractivity contribution in [3.8, 4) is 0 Å². The molecule has 0 heterocycles. The summed E-state index contributed by atoms with van der Waals surface area (Å²) in [6.07, 6.45) is 1.99.